The molecule has 4 atom stereocenters. The standard InChI is InChI=1S/C49H55Cl2FN8O6/c1-47(2)17-19-48(20-18-47)49(32-10-7-29(50)25-33(32)55-45(49)65)38(31-14-21-53-41(51)39(31)52)40(57-48)43(63)54-30-8-4-27(5-9-30)44(64)59-22-15-26(16-23-59)28-6-11-34-36(24-28)58(3)46(66)60(34)35-12-13-37(61)56-42(35)62/h6-7,10-11,14,21,24-27,30,35,38,40,57H,4-5,8-9,12-13,15-20,22-23H2,1-3H3,(H,54,63)(H,55,65)(H,56,61,62)/t27-,30-,35?,38-,40+,49+/m0/s1. The number of carbonyl (C=O) groups excluding carboxylic acids is 5. The minimum absolute atomic E-state index is 0.00626. The van der Waals surface area contributed by atoms with Gasteiger partial charge in [0.1, 0.15) is 11.5 Å². The van der Waals surface area contributed by atoms with E-state index in [4.69, 9.17) is 23.2 Å². The number of imidazole rings is 1. The van der Waals surface area contributed by atoms with Crippen LogP contribution in [0.4, 0.5) is 10.1 Å². The number of hydrogen-bond donors (Lipinski definition) is 4. The second-order valence-electron chi connectivity index (χ2n) is 20.4. The molecule has 348 valence electrons. The number of imide groups is 1. The van der Waals surface area contributed by atoms with Gasteiger partial charge in [0.05, 0.1) is 17.1 Å². The number of nitrogens with one attached hydrogen (secondary N) is 4. The van der Waals surface area contributed by atoms with Crippen molar-refractivity contribution in [2.45, 2.75) is 132 Å². The molecule has 6 heterocycles. The van der Waals surface area contributed by atoms with E-state index in [-0.39, 0.29) is 76.2 Å². The molecule has 2 spiro atoms. The zero-order valence-electron chi connectivity index (χ0n) is 37.4. The van der Waals surface area contributed by atoms with E-state index in [9.17, 15) is 28.8 Å². The van der Waals surface area contributed by atoms with Crippen LogP contribution in [-0.2, 0) is 36.4 Å². The Morgan fingerprint density at radius 2 is 1.59 bits per heavy atom. The van der Waals surface area contributed by atoms with Crippen LogP contribution in [0.15, 0.2) is 53.5 Å². The van der Waals surface area contributed by atoms with Gasteiger partial charge in [0.2, 0.25) is 29.5 Å². The third-order valence-electron chi connectivity index (χ3n) is 16.3. The summed E-state index contributed by atoms with van der Waals surface area (Å²) in [6, 6.07) is 10.7. The molecule has 2 aromatic heterocycles. The Labute approximate surface area is 391 Å². The number of pyridine rings is 1. The van der Waals surface area contributed by atoms with E-state index in [0.29, 0.717) is 73.4 Å². The second-order valence-corrected chi connectivity index (χ2v) is 21.2. The maximum absolute atomic E-state index is 16.4. The summed E-state index contributed by atoms with van der Waals surface area (Å²) in [4.78, 5) is 87.4. The first-order valence-corrected chi connectivity index (χ1v) is 24.1. The Kier molecular flexibility index (Phi) is 11.2. The van der Waals surface area contributed by atoms with Crippen LogP contribution < -0.4 is 27.0 Å². The number of benzene rings is 2. The lowest BCUT2D eigenvalue weighted by Gasteiger charge is -2.50. The molecule has 0 bridgehead atoms. The van der Waals surface area contributed by atoms with Gasteiger partial charge in [-0.2, -0.15) is 0 Å². The van der Waals surface area contributed by atoms with Crippen molar-refractivity contribution in [3.63, 3.8) is 0 Å². The number of anilines is 1. The number of rotatable bonds is 6. The van der Waals surface area contributed by atoms with E-state index < -0.39 is 40.7 Å². The maximum Gasteiger partial charge on any atom is 0.329 e. The van der Waals surface area contributed by atoms with Gasteiger partial charge in [-0.05, 0) is 129 Å². The molecule has 2 aromatic carbocycles. The fourth-order valence-electron chi connectivity index (χ4n) is 12.7. The molecule has 1 unspecified atom stereocenters. The highest BCUT2D eigenvalue weighted by Gasteiger charge is 2.73. The van der Waals surface area contributed by atoms with Crippen LogP contribution in [0.1, 0.15) is 125 Å². The number of nitrogens with zero attached hydrogens (tertiary/aromatic N) is 4. The van der Waals surface area contributed by atoms with Crippen LogP contribution in [0.25, 0.3) is 11.0 Å². The van der Waals surface area contributed by atoms with Gasteiger partial charge in [-0.15, -0.1) is 0 Å². The van der Waals surface area contributed by atoms with Gasteiger partial charge >= 0.3 is 5.69 Å². The van der Waals surface area contributed by atoms with Crippen molar-refractivity contribution in [3.05, 3.63) is 91.8 Å². The lowest BCUT2D eigenvalue weighted by atomic mass is 9.53. The molecule has 4 aliphatic heterocycles. The zero-order chi connectivity index (χ0) is 46.4. The van der Waals surface area contributed by atoms with E-state index in [1.807, 2.05) is 29.2 Å². The van der Waals surface area contributed by atoms with Crippen molar-refractivity contribution >= 4 is 69.5 Å². The molecule has 2 saturated carbocycles. The molecular formula is C49H55Cl2FN8O6. The predicted octanol–water partition coefficient (Wildman–Crippen LogP) is 6.52. The van der Waals surface area contributed by atoms with Crippen molar-refractivity contribution < 1.29 is 28.4 Å². The summed E-state index contributed by atoms with van der Waals surface area (Å²) < 4.78 is 19.4. The van der Waals surface area contributed by atoms with Gasteiger partial charge in [0.15, 0.2) is 11.0 Å². The number of halogens is 3. The van der Waals surface area contributed by atoms with Crippen LogP contribution in [0, 0.1) is 17.2 Å². The summed E-state index contributed by atoms with van der Waals surface area (Å²) in [5.41, 5.74) is 1.23. The number of piperidine rings is 2. The molecule has 2 aliphatic carbocycles. The smallest absolute Gasteiger partial charge is 0.329 e. The average Bonchev–Trinajstić information content (AvgIpc) is 3.86. The first kappa shape index (κ1) is 44.7. The molecule has 5 fully saturated rings. The second kappa shape index (κ2) is 16.6. The third kappa shape index (κ3) is 7.17. The molecule has 17 heteroatoms. The number of fused-ring (bicyclic) bond motifs is 4. The first-order valence-electron chi connectivity index (χ1n) is 23.3. The Hall–Kier alpha value is -5.12. The highest BCUT2D eigenvalue weighted by molar-refractivity contribution is 6.31. The average molecular weight is 942 g/mol. The van der Waals surface area contributed by atoms with Gasteiger partial charge in [-0.1, -0.05) is 49.2 Å². The van der Waals surface area contributed by atoms with E-state index >= 15 is 4.39 Å². The quantitative estimate of drug-likeness (QED) is 0.125. The number of aromatic nitrogens is 3. The van der Waals surface area contributed by atoms with Crippen LogP contribution >= 0.6 is 23.2 Å². The molecule has 6 aliphatic rings. The summed E-state index contributed by atoms with van der Waals surface area (Å²) in [6.45, 7) is 5.61. The van der Waals surface area contributed by atoms with E-state index in [0.717, 1.165) is 36.8 Å². The summed E-state index contributed by atoms with van der Waals surface area (Å²) in [5, 5.41) is 12.6. The number of carbonyl (C=O) groups is 5. The van der Waals surface area contributed by atoms with Gasteiger partial charge < -0.3 is 15.5 Å². The lowest BCUT2D eigenvalue weighted by molar-refractivity contribution is -0.138. The highest BCUT2D eigenvalue weighted by Crippen LogP contribution is 2.64. The third-order valence-corrected chi connectivity index (χ3v) is 16.8. The first-order chi connectivity index (χ1) is 31.5. The van der Waals surface area contributed by atoms with E-state index in [1.165, 1.54) is 16.8 Å². The van der Waals surface area contributed by atoms with Crippen LogP contribution in [-0.4, -0.2) is 79.3 Å². The molecule has 66 heavy (non-hydrogen) atoms. The fourth-order valence-corrected chi connectivity index (χ4v) is 13.0. The molecule has 4 N–H and O–H groups in total. The van der Waals surface area contributed by atoms with Crippen molar-refractivity contribution in [2.75, 3.05) is 18.4 Å². The summed E-state index contributed by atoms with van der Waals surface area (Å²) in [7, 11) is 1.69. The maximum atomic E-state index is 16.4. The van der Waals surface area contributed by atoms with Gasteiger partial charge in [-0.3, -0.25) is 43.7 Å². The molecular weight excluding hydrogens is 886 g/mol. The number of likely N-dealkylation sites (tertiary alicyclic amines) is 1. The zero-order valence-corrected chi connectivity index (χ0v) is 38.9. The minimum atomic E-state index is -1.37. The number of amides is 5. The summed E-state index contributed by atoms with van der Waals surface area (Å²) >= 11 is 12.8. The number of aryl methyl sites for hydroxylation is 1. The summed E-state index contributed by atoms with van der Waals surface area (Å²) in [6.07, 6.45) is 8.52. The molecule has 4 aromatic rings. The van der Waals surface area contributed by atoms with Gasteiger partial charge in [0.25, 0.3) is 0 Å². The topological polar surface area (TPSA) is 177 Å². The molecule has 3 saturated heterocycles. The minimum Gasteiger partial charge on any atom is -0.352 e. The van der Waals surface area contributed by atoms with Crippen molar-refractivity contribution in [1.29, 1.82) is 0 Å². The monoisotopic (exact) mass is 940 g/mol. The number of hydrogen-bond acceptors (Lipinski definition) is 8. The summed E-state index contributed by atoms with van der Waals surface area (Å²) in [5.74, 6) is -3.05. The molecule has 5 amide bonds. The van der Waals surface area contributed by atoms with Gasteiger partial charge in [-0.25, -0.2) is 14.2 Å². The van der Waals surface area contributed by atoms with Crippen LogP contribution in [0.2, 0.25) is 10.2 Å². The Morgan fingerprint density at radius 1 is 0.864 bits per heavy atom. The fraction of sp³-hybridized carbons (Fsp3) is 0.531. The Morgan fingerprint density at radius 3 is 2.30 bits per heavy atom. The van der Waals surface area contributed by atoms with E-state index in [2.05, 4.69) is 40.1 Å². The SMILES string of the molecule is Cn1c(=O)n(C2CCC(=O)NC2=O)c2ccc(C3CCN(C(=O)[C@H]4CC[C@H](NC(=O)[C@@H]5NC6(CCC(C)(C)CC6)[C@@]6(C(=O)Nc7cc(Cl)ccc76)[C@H]5c5ccnc(Cl)c5F)CC4)CC3)cc21. The van der Waals surface area contributed by atoms with Crippen molar-refractivity contribution in [2.24, 2.45) is 18.4 Å². The van der Waals surface area contributed by atoms with Crippen LogP contribution in [0.3, 0.4) is 0 Å². The lowest BCUT2D eigenvalue weighted by Crippen LogP contribution is -2.61. The molecule has 14 nitrogen and oxygen atoms in total. The predicted molar refractivity (Wildman–Crippen MR) is 247 cm³/mol. The van der Waals surface area contributed by atoms with Gasteiger partial charge in [0, 0.05) is 66.9 Å². The van der Waals surface area contributed by atoms with Crippen LogP contribution in [0.5, 0.6) is 0 Å². The van der Waals surface area contributed by atoms with E-state index in [1.54, 1.807) is 23.7 Å². The molecule has 10 rings (SSSR count). The van der Waals surface area contributed by atoms with Crippen molar-refractivity contribution in [1.82, 2.24) is 35.0 Å². The Balaban J connectivity index is 0.825. The van der Waals surface area contributed by atoms with Crippen molar-refractivity contribution in [3.8, 4) is 0 Å². The normalized spacial score (nSPS) is 28.4. The molecule has 0 radical (unpaired) electrons. The largest absolute Gasteiger partial charge is 0.352 e. The highest BCUT2D eigenvalue weighted by atomic mass is 35.5. The Bertz CT molecular complexity index is 2750.